The molecule has 0 saturated carbocycles. The van der Waals surface area contributed by atoms with Gasteiger partial charge in [0.2, 0.25) is 0 Å². The van der Waals surface area contributed by atoms with Crippen LogP contribution in [0, 0.1) is 5.92 Å². The number of hydrogen-bond donors (Lipinski definition) is 1. The van der Waals surface area contributed by atoms with Gasteiger partial charge in [0, 0.05) is 31.7 Å². The second-order valence-corrected chi connectivity index (χ2v) is 5.75. The second kappa shape index (κ2) is 5.41. The van der Waals surface area contributed by atoms with E-state index in [1.807, 2.05) is 0 Å². The molecule has 1 heterocycles. The van der Waals surface area contributed by atoms with E-state index in [1.165, 1.54) is 19.3 Å². The Morgan fingerprint density at radius 3 is 2.83 bits per heavy atom. The molecule has 1 saturated heterocycles. The highest BCUT2D eigenvalue weighted by Crippen LogP contribution is 2.34. The summed E-state index contributed by atoms with van der Waals surface area (Å²) < 4.78 is 5.43. The lowest BCUT2D eigenvalue weighted by Crippen LogP contribution is -2.40. The van der Waals surface area contributed by atoms with Crippen molar-refractivity contribution >= 4 is 0 Å². The van der Waals surface area contributed by atoms with Crippen molar-refractivity contribution in [1.29, 1.82) is 0 Å². The molecular weight excluding hydrogens is 222 g/mol. The fourth-order valence-corrected chi connectivity index (χ4v) is 3.26. The molecule has 2 heteroatoms. The summed E-state index contributed by atoms with van der Waals surface area (Å²) in [6.07, 6.45) is 3.69. The molecule has 0 aromatic heterocycles. The van der Waals surface area contributed by atoms with Crippen molar-refractivity contribution in [2.24, 2.45) is 5.92 Å². The van der Waals surface area contributed by atoms with E-state index in [-0.39, 0.29) is 0 Å². The fourth-order valence-electron chi connectivity index (χ4n) is 3.26. The van der Waals surface area contributed by atoms with Crippen LogP contribution >= 0.6 is 0 Å². The molecule has 1 aromatic rings. The normalized spacial score (nSPS) is 25.3. The summed E-state index contributed by atoms with van der Waals surface area (Å²) >= 11 is 0. The van der Waals surface area contributed by atoms with E-state index >= 15 is 0 Å². The van der Waals surface area contributed by atoms with Crippen molar-refractivity contribution in [2.45, 2.75) is 38.1 Å². The van der Waals surface area contributed by atoms with E-state index in [2.05, 4.69) is 36.5 Å². The van der Waals surface area contributed by atoms with Crippen LogP contribution < -0.4 is 5.32 Å². The van der Waals surface area contributed by atoms with E-state index in [1.54, 1.807) is 11.1 Å². The zero-order chi connectivity index (χ0) is 12.4. The Labute approximate surface area is 110 Å². The molecule has 1 aromatic carbocycles. The highest BCUT2D eigenvalue weighted by molar-refractivity contribution is 5.40. The largest absolute Gasteiger partial charge is 0.381 e. The maximum atomic E-state index is 5.43. The molecule has 1 aliphatic heterocycles. The van der Waals surface area contributed by atoms with Gasteiger partial charge >= 0.3 is 0 Å². The van der Waals surface area contributed by atoms with Gasteiger partial charge in [0.25, 0.3) is 0 Å². The van der Waals surface area contributed by atoms with Crippen LogP contribution in [0.2, 0.25) is 0 Å². The molecule has 3 rings (SSSR count). The predicted octanol–water partition coefficient (Wildman–Crippen LogP) is 2.73. The van der Waals surface area contributed by atoms with Gasteiger partial charge in [0.05, 0.1) is 0 Å². The van der Waals surface area contributed by atoms with E-state index < -0.39 is 0 Å². The third-order valence-electron chi connectivity index (χ3n) is 4.62. The third-order valence-corrected chi connectivity index (χ3v) is 4.62. The summed E-state index contributed by atoms with van der Waals surface area (Å²) in [6, 6.07) is 9.47. The van der Waals surface area contributed by atoms with Gasteiger partial charge in [-0.2, -0.15) is 0 Å². The Morgan fingerprint density at radius 2 is 2.06 bits per heavy atom. The third kappa shape index (κ3) is 2.45. The molecule has 0 bridgehead atoms. The first-order chi connectivity index (χ1) is 8.84. The molecule has 0 spiro atoms. The van der Waals surface area contributed by atoms with Crippen molar-refractivity contribution in [3.05, 3.63) is 35.4 Å². The number of hydrogen-bond acceptors (Lipinski definition) is 2. The molecular formula is C16H23NO. The highest BCUT2D eigenvalue weighted by Gasteiger charge is 2.27. The summed E-state index contributed by atoms with van der Waals surface area (Å²) in [7, 11) is 0. The van der Waals surface area contributed by atoms with E-state index in [4.69, 9.17) is 4.74 Å². The van der Waals surface area contributed by atoms with E-state index in [0.717, 1.165) is 31.6 Å². The van der Waals surface area contributed by atoms with Crippen molar-refractivity contribution in [3.8, 4) is 0 Å². The molecule has 1 aliphatic carbocycles. The van der Waals surface area contributed by atoms with Gasteiger partial charge in [-0.1, -0.05) is 24.3 Å². The minimum absolute atomic E-state index is 0.627. The van der Waals surface area contributed by atoms with Crippen LogP contribution in [-0.2, 0) is 11.2 Å². The van der Waals surface area contributed by atoms with Crippen molar-refractivity contribution in [3.63, 3.8) is 0 Å². The molecule has 18 heavy (non-hydrogen) atoms. The molecule has 1 fully saturated rings. The molecule has 2 nitrogen and oxygen atoms in total. The molecule has 0 radical (unpaired) electrons. The monoisotopic (exact) mass is 245 g/mol. The molecule has 1 N–H and O–H groups in total. The van der Waals surface area contributed by atoms with Gasteiger partial charge in [0.1, 0.15) is 0 Å². The Kier molecular flexibility index (Phi) is 3.67. The van der Waals surface area contributed by atoms with Crippen molar-refractivity contribution in [2.75, 3.05) is 19.8 Å². The second-order valence-electron chi connectivity index (χ2n) is 5.75. The molecule has 2 atom stereocenters. The summed E-state index contributed by atoms with van der Waals surface area (Å²) in [6.45, 7) is 5.36. The summed E-state index contributed by atoms with van der Waals surface area (Å²) in [5.74, 6) is 1.54. The minimum Gasteiger partial charge on any atom is -0.381 e. The first-order valence-electron chi connectivity index (χ1n) is 7.23. The summed E-state index contributed by atoms with van der Waals surface area (Å²) in [4.78, 5) is 0. The fraction of sp³-hybridized carbons (Fsp3) is 0.625. The Morgan fingerprint density at radius 1 is 1.28 bits per heavy atom. The van der Waals surface area contributed by atoms with Crippen LogP contribution in [-0.4, -0.2) is 25.8 Å². The standard InChI is InChI=1S/C16H23NO/c1-12(13-6-8-18-9-7-13)17-11-15-10-14-4-2-3-5-16(14)15/h2-5,12-13,15,17H,6-11H2,1H3. The maximum absolute atomic E-state index is 5.43. The number of nitrogens with one attached hydrogen (secondary N) is 1. The Bertz CT molecular complexity index is 398. The lowest BCUT2D eigenvalue weighted by Gasteiger charge is -2.34. The van der Waals surface area contributed by atoms with Crippen LogP contribution in [0.3, 0.4) is 0 Å². The molecule has 2 unspecified atom stereocenters. The van der Waals surface area contributed by atoms with Crippen LogP contribution in [0.1, 0.15) is 36.8 Å². The quantitative estimate of drug-likeness (QED) is 0.880. The van der Waals surface area contributed by atoms with Gasteiger partial charge in [-0.05, 0) is 43.2 Å². The van der Waals surface area contributed by atoms with E-state index in [9.17, 15) is 0 Å². The lowest BCUT2D eigenvalue weighted by atomic mass is 9.77. The van der Waals surface area contributed by atoms with E-state index in [0.29, 0.717) is 6.04 Å². The first-order valence-corrected chi connectivity index (χ1v) is 7.23. The number of fused-ring (bicyclic) bond motifs is 1. The molecule has 98 valence electrons. The van der Waals surface area contributed by atoms with Crippen molar-refractivity contribution < 1.29 is 4.74 Å². The maximum Gasteiger partial charge on any atom is 0.0469 e. The average Bonchev–Trinajstić information content (AvgIpc) is 2.40. The average molecular weight is 245 g/mol. The zero-order valence-electron chi connectivity index (χ0n) is 11.2. The van der Waals surface area contributed by atoms with Crippen molar-refractivity contribution in [1.82, 2.24) is 5.32 Å². The van der Waals surface area contributed by atoms with Gasteiger partial charge in [-0.15, -0.1) is 0 Å². The predicted molar refractivity (Wildman–Crippen MR) is 73.9 cm³/mol. The topological polar surface area (TPSA) is 21.3 Å². The van der Waals surface area contributed by atoms with Gasteiger partial charge in [-0.25, -0.2) is 0 Å². The van der Waals surface area contributed by atoms with Gasteiger partial charge in [0.15, 0.2) is 0 Å². The number of ether oxygens (including phenoxy) is 1. The minimum atomic E-state index is 0.627. The zero-order valence-corrected chi connectivity index (χ0v) is 11.2. The van der Waals surface area contributed by atoms with Crippen LogP contribution in [0.4, 0.5) is 0 Å². The van der Waals surface area contributed by atoms with Crippen LogP contribution in [0.15, 0.2) is 24.3 Å². The van der Waals surface area contributed by atoms with Crippen LogP contribution in [0.25, 0.3) is 0 Å². The smallest absolute Gasteiger partial charge is 0.0469 e. The summed E-state index contributed by atoms with van der Waals surface area (Å²) in [5.41, 5.74) is 3.10. The number of rotatable bonds is 4. The highest BCUT2D eigenvalue weighted by atomic mass is 16.5. The Balaban J connectivity index is 1.48. The lowest BCUT2D eigenvalue weighted by molar-refractivity contribution is 0.0557. The Hall–Kier alpha value is -0.860. The summed E-state index contributed by atoms with van der Waals surface area (Å²) in [5, 5.41) is 3.74. The molecule has 0 amide bonds. The SMILES string of the molecule is CC(NCC1Cc2ccccc21)C1CCOCC1. The molecule has 2 aliphatic rings. The van der Waals surface area contributed by atoms with Gasteiger partial charge < -0.3 is 10.1 Å². The van der Waals surface area contributed by atoms with Gasteiger partial charge in [-0.3, -0.25) is 0 Å². The number of benzene rings is 1. The van der Waals surface area contributed by atoms with Crippen LogP contribution in [0.5, 0.6) is 0 Å². The first kappa shape index (κ1) is 12.2.